The fraction of sp³-hybridized carbons (Fsp3) is 0.409. The molecule has 2 aliphatic rings. The average molecular weight is 365 g/mol. The van der Waals surface area contributed by atoms with Crippen LogP contribution in [0.1, 0.15) is 24.5 Å². The number of anilines is 1. The summed E-state index contributed by atoms with van der Waals surface area (Å²) in [5, 5.41) is 3.08. The molecule has 27 heavy (non-hydrogen) atoms. The fourth-order valence-corrected chi connectivity index (χ4v) is 3.99. The van der Waals surface area contributed by atoms with Crippen molar-refractivity contribution >= 4 is 11.7 Å². The van der Waals surface area contributed by atoms with Crippen LogP contribution in [-0.2, 0) is 13.0 Å². The normalized spacial score (nSPS) is 19.9. The second kappa shape index (κ2) is 8.01. The number of hydrogen-bond acceptors (Lipinski definition) is 3. The molecule has 0 aromatic heterocycles. The number of piperazine rings is 1. The fourth-order valence-electron chi connectivity index (χ4n) is 3.99. The summed E-state index contributed by atoms with van der Waals surface area (Å²) in [5.74, 6) is 0.840. The molecule has 2 aromatic rings. The van der Waals surface area contributed by atoms with Crippen molar-refractivity contribution in [3.63, 3.8) is 0 Å². The number of hydrogen-bond donors (Lipinski definition) is 1. The predicted molar refractivity (Wildman–Crippen MR) is 107 cm³/mol. The standard InChI is InChI=1S/C22H27N3O2/c1-17-15-24(16-18-7-3-2-4-8-18)12-13-25(17)22(26)23-20-11-5-9-19-10-6-14-27-21(19)20/h2-5,7-9,11,17H,6,10,12-16H2,1H3,(H,23,26). The van der Waals surface area contributed by atoms with Crippen molar-refractivity contribution < 1.29 is 9.53 Å². The molecule has 1 atom stereocenters. The summed E-state index contributed by atoms with van der Waals surface area (Å²) in [5.41, 5.74) is 3.28. The number of carbonyl (C=O) groups is 1. The molecular weight excluding hydrogens is 338 g/mol. The van der Waals surface area contributed by atoms with Gasteiger partial charge in [-0.1, -0.05) is 42.5 Å². The molecule has 2 heterocycles. The third kappa shape index (κ3) is 4.08. The lowest BCUT2D eigenvalue weighted by Crippen LogP contribution is -2.54. The molecule has 0 aliphatic carbocycles. The van der Waals surface area contributed by atoms with Gasteiger partial charge in [-0.15, -0.1) is 0 Å². The lowest BCUT2D eigenvalue weighted by molar-refractivity contribution is 0.104. The van der Waals surface area contributed by atoms with E-state index in [4.69, 9.17) is 4.74 Å². The van der Waals surface area contributed by atoms with Crippen LogP contribution in [-0.4, -0.2) is 48.1 Å². The van der Waals surface area contributed by atoms with Crippen LogP contribution < -0.4 is 10.1 Å². The van der Waals surface area contributed by atoms with E-state index < -0.39 is 0 Å². The first-order chi connectivity index (χ1) is 13.2. The summed E-state index contributed by atoms with van der Waals surface area (Å²) in [6.07, 6.45) is 2.04. The van der Waals surface area contributed by atoms with Crippen LogP contribution in [0.2, 0.25) is 0 Å². The molecule has 1 N–H and O–H groups in total. The van der Waals surface area contributed by atoms with Gasteiger partial charge >= 0.3 is 6.03 Å². The van der Waals surface area contributed by atoms with Gasteiger partial charge in [-0.25, -0.2) is 4.79 Å². The highest BCUT2D eigenvalue weighted by atomic mass is 16.5. The smallest absolute Gasteiger partial charge is 0.322 e. The Morgan fingerprint density at radius 1 is 1.15 bits per heavy atom. The minimum Gasteiger partial charge on any atom is -0.491 e. The van der Waals surface area contributed by atoms with E-state index >= 15 is 0 Å². The number of carbonyl (C=O) groups excluding carboxylic acids is 1. The zero-order valence-electron chi connectivity index (χ0n) is 15.9. The number of nitrogens with one attached hydrogen (secondary N) is 1. The van der Waals surface area contributed by atoms with Crippen LogP contribution in [0.25, 0.3) is 0 Å². The van der Waals surface area contributed by atoms with Gasteiger partial charge in [-0.3, -0.25) is 4.90 Å². The number of rotatable bonds is 3. The first kappa shape index (κ1) is 17.9. The van der Waals surface area contributed by atoms with E-state index in [-0.39, 0.29) is 12.1 Å². The largest absolute Gasteiger partial charge is 0.491 e. The number of nitrogens with zero attached hydrogens (tertiary/aromatic N) is 2. The van der Waals surface area contributed by atoms with Crippen molar-refractivity contribution in [3.8, 4) is 5.75 Å². The number of ether oxygens (including phenoxy) is 1. The lowest BCUT2D eigenvalue weighted by atomic mass is 10.1. The first-order valence-corrected chi connectivity index (χ1v) is 9.79. The van der Waals surface area contributed by atoms with Crippen LogP contribution in [0.15, 0.2) is 48.5 Å². The van der Waals surface area contributed by atoms with Crippen molar-refractivity contribution in [2.24, 2.45) is 0 Å². The van der Waals surface area contributed by atoms with Gasteiger partial charge in [-0.2, -0.15) is 0 Å². The minimum absolute atomic E-state index is 0.0376. The Morgan fingerprint density at radius 2 is 2.00 bits per heavy atom. The van der Waals surface area contributed by atoms with Gasteiger partial charge < -0.3 is 15.0 Å². The first-order valence-electron chi connectivity index (χ1n) is 9.79. The van der Waals surface area contributed by atoms with Crippen LogP contribution in [0.5, 0.6) is 5.75 Å². The SMILES string of the molecule is CC1CN(Cc2ccccc2)CCN1C(=O)Nc1cccc2c1OCCC2. The van der Waals surface area contributed by atoms with Crippen molar-refractivity contribution in [2.75, 3.05) is 31.6 Å². The van der Waals surface area contributed by atoms with Gasteiger partial charge in [0, 0.05) is 32.2 Å². The Bertz CT molecular complexity index is 793. The monoisotopic (exact) mass is 365 g/mol. The van der Waals surface area contributed by atoms with Gasteiger partial charge in [0.15, 0.2) is 0 Å². The molecule has 2 aliphatic heterocycles. The van der Waals surface area contributed by atoms with E-state index in [1.165, 1.54) is 11.1 Å². The number of fused-ring (bicyclic) bond motifs is 1. The summed E-state index contributed by atoms with van der Waals surface area (Å²) in [6.45, 7) is 6.26. The maximum Gasteiger partial charge on any atom is 0.322 e. The maximum absolute atomic E-state index is 12.9. The second-order valence-electron chi connectivity index (χ2n) is 7.44. The molecule has 0 radical (unpaired) electrons. The summed E-state index contributed by atoms with van der Waals surface area (Å²) >= 11 is 0. The molecule has 1 unspecified atom stereocenters. The van der Waals surface area contributed by atoms with Crippen molar-refractivity contribution in [3.05, 3.63) is 59.7 Å². The number of para-hydroxylation sites is 1. The molecule has 1 saturated heterocycles. The van der Waals surface area contributed by atoms with Crippen molar-refractivity contribution in [1.82, 2.24) is 9.80 Å². The third-order valence-electron chi connectivity index (χ3n) is 5.40. The molecule has 2 aromatic carbocycles. The molecule has 0 saturated carbocycles. The Morgan fingerprint density at radius 3 is 2.81 bits per heavy atom. The van der Waals surface area contributed by atoms with Crippen LogP contribution in [0.3, 0.4) is 0 Å². The Hall–Kier alpha value is -2.53. The van der Waals surface area contributed by atoms with E-state index in [0.29, 0.717) is 6.61 Å². The van der Waals surface area contributed by atoms with Gasteiger partial charge in [0.25, 0.3) is 0 Å². The van der Waals surface area contributed by atoms with Crippen LogP contribution >= 0.6 is 0 Å². The number of aryl methyl sites for hydroxylation is 1. The molecule has 4 rings (SSSR count). The summed E-state index contributed by atoms with van der Waals surface area (Å²) in [6, 6.07) is 16.6. The quantitative estimate of drug-likeness (QED) is 0.901. The molecular formula is C22H27N3O2. The third-order valence-corrected chi connectivity index (χ3v) is 5.40. The molecule has 5 heteroatoms. The van der Waals surface area contributed by atoms with Gasteiger partial charge in [-0.05, 0) is 37.0 Å². The number of benzene rings is 2. The minimum atomic E-state index is -0.0376. The molecule has 5 nitrogen and oxygen atoms in total. The predicted octanol–water partition coefficient (Wildman–Crippen LogP) is 3.75. The Kier molecular flexibility index (Phi) is 5.30. The van der Waals surface area contributed by atoms with E-state index in [9.17, 15) is 4.79 Å². The summed E-state index contributed by atoms with van der Waals surface area (Å²) in [7, 11) is 0. The number of amides is 2. The zero-order chi connectivity index (χ0) is 18.6. The van der Waals surface area contributed by atoms with E-state index in [1.807, 2.05) is 23.1 Å². The lowest BCUT2D eigenvalue weighted by Gasteiger charge is -2.40. The highest BCUT2D eigenvalue weighted by Crippen LogP contribution is 2.33. The van der Waals surface area contributed by atoms with E-state index in [0.717, 1.165) is 50.5 Å². The average Bonchev–Trinajstić information content (AvgIpc) is 2.69. The van der Waals surface area contributed by atoms with Crippen molar-refractivity contribution in [1.29, 1.82) is 0 Å². The maximum atomic E-state index is 12.9. The highest BCUT2D eigenvalue weighted by Gasteiger charge is 2.28. The molecule has 0 spiro atoms. The molecule has 1 fully saturated rings. The van der Waals surface area contributed by atoms with E-state index in [1.54, 1.807) is 0 Å². The number of urea groups is 1. The van der Waals surface area contributed by atoms with Gasteiger partial charge in [0.2, 0.25) is 0 Å². The zero-order valence-corrected chi connectivity index (χ0v) is 15.9. The van der Waals surface area contributed by atoms with Crippen LogP contribution in [0.4, 0.5) is 10.5 Å². The van der Waals surface area contributed by atoms with Crippen LogP contribution in [0, 0.1) is 0 Å². The Labute approximate surface area is 160 Å². The highest BCUT2D eigenvalue weighted by molar-refractivity contribution is 5.91. The molecule has 2 amide bonds. The van der Waals surface area contributed by atoms with E-state index in [2.05, 4.69) is 47.5 Å². The Balaban J connectivity index is 1.38. The van der Waals surface area contributed by atoms with Gasteiger partial charge in [0.05, 0.1) is 12.3 Å². The molecule has 0 bridgehead atoms. The molecule has 142 valence electrons. The topological polar surface area (TPSA) is 44.8 Å². The van der Waals surface area contributed by atoms with Crippen molar-refractivity contribution in [2.45, 2.75) is 32.4 Å². The second-order valence-corrected chi connectivity index (χ2v) is 7.44. The summed E-state index contributed by atoms with van der Waals surface area (Å²) in [4.78, 5) is 17.2. The summed E-state index contributed by atoms with van der Waals surface area (Å²) < 4.78 is 5.81. The van der Waals surface area contributed by atoms with Gasteiger partial charge in [0.1, 0.15) is 5.75 Å².